The van der Waals surface area contributed by atoms with Crippen LogP contribution in [0.1, 0.15) is 15.9 Å². The fourth-order valence-corrected chi connectivity index (χ4v) is 2.12. The molecular formula is C14H16NO3S+. The molecule has 1 atom stereocenters. The van der Waals surface area contributed by atoms with Crippen LogP contribution in [0.5, 0.6) is 0 Å². The fraction of sp³-hybridized carbons (Fsp3) is 0.286. The maximum absolute atomic E-state index is 11.8. The van der Waals surface area contributed by atoms with Crippen LogP contribution in [0.15, 0.2) is 30.8 Å². The van der Waals surface area contributed by atoms with E-state index in [1.165, 1.54) is 11.8 Å². The van der Waals surface area contributed by atoms with Crippen molar-refractivity contribution in [2.24, 2.45) is 0 Å². The molecule has 0 spiro atoms. The van der Waals surface area contributed by atoms with Crippen molar-refractivity contribution < 1.29 is 19.3 Å². The predicted molar refractivity (Wildman–Crippen MR) is 76.0 cm³/mol. The first-order valence-electron chi connectivity index (χ1n) is 5.93. The van der Waals surface area contributed by atoms with Gasteiger partial charge in [0.15, 0.2) is 13.2 Å². The van der Waals surface area contributed by atoms with E-state index < -0.39 is 0 Å². The molecule has 0 amide bonds. The van der Waals surface area contributed by atoms with Crippen molar-refractivity contribution in [2.45, 2.75) is 6.04 Å². The number of esters is 1. The molecule has 0 aliphatic carbocycles. The minimum Gasteiger partial charge on any atom is -0.455 e. The highest BCUT2D eigenvalue weighted by Crippen LogP contribution is 2.07. The lowest BCUT2D eigenvalue weighted by Crippen LogP contribution is -2.77. The number of carbonyl (C=O) groups excluding carboxylic acids is 1. The molecule has 1 heterocycles. The molecule has 0 bridgehead atoms. The Balaban J connectivity index is 1.87. The Morgan fingerprint density at radius 1 is 1.58 bits per heavy atom. The Kier molecular flexibility index (Phi) is 4.63. The number of ether oxygens (including phenoxy) is 2. The third kappa shape index (κ3) is 3.61. The van der Waals surface area contributed by atoms with Crippen LogP contribution in [0.4, 0.5) is 0 Å². The molecule has 1 aromatic carbocycles. The van der Waals surface area contributed by atoms with Crippen molar-refractivity contribution in [3.63, 3.8) is 0 Å². The number of carbonyl (C=O) groups is 1. The largest absolute Gasteiger partial charge is 0.455 e. The molecule has 1 aliphatic rings. The summed E-state index contributed by atoms with van der Waals surface area (Å²) in [6.07, 6.45) is 3.66. The van der Waals surface area contributed by atoms with Gasteiger partial charge in [0, 0.05) is 0 Å². The first-order chi connectivity index (χ1) is 9.22. The second-order valence-corrected chi connectivity index (χ2v) is 4.85. The highest BCUT2D eigenvalue weighted by molar-refractivity contribution is 8.12. The van der Waals surface area contributed by atoms with Crippen LogP contribution in [0.2, 0.25) is 0 Å². The van der Waals surface area contributed by atoms with E-state index in [-0.39, 0.29) is 12.0 Å². The van der Waals surface area contributed by atoms with E-state index in [2.05, 4.69) is 11.6 Å². The smallest absolute Gasteiger partial charge is 0.399 e. The van der Waals surface area contributed by atoms with Gasteiger partial charge in [0.25, 0.3) is 0 Å². The van der Waals surface area contributed by atoms with E-state index in [0.29, 0.717) is 18.8 Å². The molecule has 0 fully saturated rings. The third-order valence-corrected chi connectivity index (χ3v) is 3.33. The minimum absolute atomic E-state index is 0.0267. The lowest BCUT2D eigenvalue weighted by molar-refractivity contribution is -0.490. The molecule has 1 unspecified atom stereocenters. The number of hydrogen-bond acceptors (Lipinski definition) is 4. The van der Waals surface area contributed by atoms with Crippen molar-refractivity contribution in [1.29, 1.82) is 0 Å². The van der Waals surface area contributed by atoms with Crippen molar-refractivity contribution in [3.8, 4) is 0 Å². The Morgan fingerprint density at radius 2 is 2.32 bits per heavy atom. The molecule has 1 aliphatic heterocycles. The molecule has 100 valence electrons. The third-order valence-electron chi connectivity index (χ3n) is 2.72. The van der Waals surface area contributed by atoms with E-state index >= 15 is 0 Å². The van der Waals surface area contributed by atoms with Gasteiger partial charge in [-0.15, -0.1) is 0 Å². The molecule has 1 aromatic rings. The maximum Gasteiger partial charge on any atom is 0.399 e. The number of rotatable bonds is 4. The van der Waals surface area contributed by atoms with E-state index in [0.717, 1.165) is 10.8 Å². The lowest BCUT2D eigenvalue weighted by Gasteiger charge is -2.04. The van der Waals surface area contributed by atoms with Gasteiger partial charge in [-0.1, -0.05) is 24.8 Å². The lowest BCUT2D eigenvalue weighted by atomic mass is 10.1. The van der Waals surface area contributed by atoms with Crippen molar-refractivity contribution in [1.82, 2.24) is 0 Å². The van der Waals surface area contributed by atoms with Gasteiger partial charge in [0.2, 0.25) is 6.04 Å². The summed E-state index contributed by atoms with van der Waals surface area (Å²) in [6.45, 7) is 4.49. The second kappa shape index (κ2) is 6.43. The van der Waals surface area contributed by atoms with Gasteiger partial charge in [-0.2, -0.15) is 4.99 Å². The van der Waals surface area contributed by atoms with Gasteiger partial charge in [0.05, 0.1) is 5.56 Å². The van der Waals surface area contributed by atoms with E-state index in [1.54, 1.807) is 18.2 Å². The molecule has 19 heavy (non-hydrogen) atoms. The summed E-state index contributed by atoms with van der Waals surface area (Å²) >= 11 is 1.50. The summed E-state index contributed by atoms with van der Waals surface area (Å²) in [5.41, 5.74) is 1.51. The van der Waals surface area contributed by atoms with Crippen LogP contribution < -0.4 is 4.99 Å². The van der Waals surface area contributed by atoms with Crippen molar-refractivity contribution in [3.05, 3.63) is 42.0 Å². The van der Waals surface area contributed by atoms with Gasteiger partial charge in [0.1, 0.15) is 0 Å². The van der Waals surface area contributed by atoms with Crippen LogP contribution >= 0.6 is 11.8 Å². The van der Waals surface area contributed by atoms with Crippen molar-refractivity contribution in [2.75, 3.05) is 19.5 Å². The molecule has 1 N–H and O–H groups in total. The first-order valence-corrected chi connectivity index (χ1v) is 7.15. The van der Waals surface area contributed by atoms with Crippen LogP contribution in [0.25, 0.3) is 6.08 Å². The highest BCUT2D eigenvalue weighted by atomic mass is 32.2. The normalized spacial score (nSPS) is 17.5. The molecule has 0 saturated carbocycles. The SMILES string of the molecule is C=Cc1ccc(C(=O)OCC2COC(SC)=[NH+]2)cc1. The maximum atomic E-state index is 11.8. The number of benzene rings is 1. The van der Waals surface area contributed by atoms with Crippen LogP contribution in [-0.4, -0.2) is 36.7 Å². The first kappa shape index (κ1) is 13.7. The summed E-state index contributed by atoms with van der Waals surface area (Å²) in [5, 5.41) is 0.774. The second-order valence-electron chi connectivity index (χ2n) is 4.07. The number of thioether (sulfide) groups is 1. The quantitative estimate of drug-likeness (QED) is 0.823. The van der Waals surface area contributed by atoms with Gasteiger partial charge in [-0.05, 0) is 35.7 Å². The summed E-state index contributed by atoms with van der Waals surface area (Å²) in [4.78, 5) is 15.0. The Labute approximate surface area is 116 Å². The standard InChI is InChI=1S/C14H15NO3S/c1-3-10-4-6-11(7-5-10)13(16)17-8-12-9-18-14(15-12)19-2/h3-7,12H,1,8-9H2,2H3/p+1. The average molecular weight is 278 g/mol. The molecule has 4 nitrogen and oxygen atoms in total. The summed E-state index contributed by atoms with van der Waals surface area (Å²) < 4.78 is 10.6. The Hall–Kier alpha value is -1.75. The fourth-order valence-electron chi connectivity index (χ4n) is 1.65. The molecule has 2 rings (SSSR count). The number of nitrogens with one attached hydrogen (secondary N) is 1. The van der Waals surface area contributed by atoms with Crippen LogP contribution in [0.3, 0.4) is 0 Å². The Bertz CT molecular complexity index is 496. The Morgan fingerprint density at radius 3 is 2.89 bits per heavy atom. The van der Waals surface area contributed by atoms with Gasteiger partial charge >= 0.3 is 11.2 Å². The molecule has 0 saturated heterocycles. The van der Waals surface area contributed by atoms with E-state index in [1.807, 2.05) is 18.4 Å². The molecular weight excluding hydrogens is 262 g/mol. The summed E-state index contributed by atoms with van der Waals surface area (Å²) in [6, 6.07) is 7.16. The van der Waals surface area contributed by atoms with Crippen LogP contribution in [-0.2, 0) is 9.47 Å². The van der Waals surface area contributed by atoms with E-state index in [4.69, 9.17) is 9.47 Å². The average Bonchev–Trinajstić information content (AvgIpc) is 2.93. The zero-order chi connectivity index (χ0) is 13.7. The predicted octanol–water partition coefficient (Wildman–Crippen LogP) is 0.685. The highest BCUT2D eigenvalue weighted by Gasteiger charge is 2.26. The topological polar surface area (TPSA) is 49.5 Å². The zero-order valence-electron chi connectivity index (χ0n) is 10.7. The van der Waals surface area contributed by atoms with E-state index in [9.17, 15) is 4.79 Å². The van der Waals surface area contributed by atoms with Gasteiger partial charge in [-0.3, -0.25) is 0 Å². The zero-order valence-corrected chi connectivity index (χ0v) is 11.5. The molecule has 0 radical (unpaired) electrons. The van der Waals surface area contributed by atoms with Gasteiger partial charge < -0.3 is 9.47 Å². The minimum atomic E-state index is -0.324. The van der Waals surface area contributed by atoms with Crippen LogP contribution in [0, 0.1) is 0 Å². The van der Waals surface area contributed by atoms with Gasteiger partial charge in [-0.25, -0.2) is 4.79 Å². The molecule has 5 heteroatoms. The number of hydrogen-bond donors (Lipinski definition) is 1. The summed E-state index contributed by atoms with van der Waals surface area (Å²) in [5.74, 6) is -0.324. The molecule has 0 aromatic heterocycles. The van der Waals surface area contributed by atoms with Crippen molar-refractivity contribution >= 4 is 29.0 Å². The monoisotopic (exact) mass is 278 g/mol. The summed E-state index contributed by atoms with van der Waals surface area (Å²) in [7, 11) is 0.